The zero-order chi connectivity index (χ0) is 11.5. The molecule has 0 aromatic carbocycles. The number of carbonyl (C=O) groups is 1. The molecular formula is C9H13NO3S2. The summed E-state index contributed by atoms with van der Waals surface area (Å²) in [5.41, 5.74) is 0. The van der Waals surface area contributed by atoms with E-state index in [1.165, 1.54) is 0 Å². The Kier molecular flexibility index (Phi) is 3.87. The van der Waals surface area contributed by atoms with E-state index in [1.807, 2.05) is 22.2 Å². The maximum absolute atomic E-state index is 11.4. The highest BCUT2D eigenvalue weighted by atomic mass is 32.2. The van der Waals surface area contributed by atoms with Gasteiger partial charge in [-0.1, -0.05) is 13.0 Å². The fraction of sp³-hybridized carbons (Fsp3) is 0.444. The van der Waals surface area contributed by atoms with Crippen LogP contribution >= 0.6 is 11.3 Å². The van der Waals surface area contributed by atoms with Crippen LogP contribution in [0.5, 0.6) is 0 Å². The quantitative estimate of drug-likeness (QED) is 0.863. The van der Waals surface area contributed by atoms with Crippen LogP contribution in [0.2, 0.25) is 0 Å². The number of hydrogen-bond acceptors (Lipinski definition) is 4. The van der Waals surface area contributed by atoms with Crippen molar-refractivity contribution in [2.24, 2.45) is 5.92 Å². The molecule has 0 aliphatic rings. The highest BCUT2D eigenvalue weighted by Gasteiger charge is 2.17. The van der Waals surface area contributed by atoms with Gasteiger partial charge in [0.25, 0.3) is 0 Å². The van der Waals surface area contributed by atoms with Gasteiger partial charge in [0.1, 0.15) is 0 Å². The number of nitrogens with one attached hydrogen (secondary N) is 1. The Morgan fingerprint density at radius 1 is 1.60 bits per heavy atom. The minimum Gasteiger partial charge on any atom is -0.274 e. The zero-order valence-corrected chi connectivity index (χ0v) is 10.2. The predicted molar refractivity (Wildman–Crippen MR) is 60.2 cm³/mol. The first-order valence-electron chi connectivity index (χ1n) is 4.42. The highest BCUT2D eigenvalue weighted by Crippen LogP contribution is 2.14. The third-order valence-electron chi connectivity index (χ3n) is 1.82. The molecule has 0 radical (unpaired) electrons. The van der Waals surface area contributed by atoms with Crippen molar-refractivity contribution >= 4 is 27.3 Å². The molecule has 15 heavy (non-hydrogen) atoms. The summed E-state index contributed by atoms with van der Waals surface area (Å²) in [5.74, 6) is -0.788. The second-order valence-corrected chi connectivity index (χ2v) is 6.20. The van der Waals surface area contributed by atoms with Crippen molar-refractivity contribution in [3.05, 3.63) is 22.4 Å². The van der Waals surface area contributed by atoms with Crippen molar-refractivity contribution in [1.82, 2.24) is 4.72 Å². The Morgan fingerprint density at radius 2 is 2.27 bits per heavy atom. The van der Waals surface area contributed by atoms with E-state index in [-0.39, 0.29) is 5.92 Å². The molecule has 0 bridgehead atoms. The van der Waals surface area contributed by atoms with Gasteiger partial charge in [-0.25, -0.2) is 8.42 Å². The number of sulfonamides is 1. The van der Waals surface area contributed by atoms with Gasteiger partial charge < -0.3 is 0 Å². The molecule has 0 fully saturated rings. The maximum atomic E-state index is 11.4. The van der Waals surface area contributed by atoms with Gasteiger partial charge in [-0.3, -0.25) is 9.52 Å². The van der Waals surface area contributed by atoms with Gasteiger partial charge in [-0.15, -0.1) is 11.3 Å². The second-order valence-electron chi connectivity index (χ2n) is 3.42. The molecule has 0 saturated heterocycles. The number of thiophene rings is 1. The van der Waals surface area contributed by atoms with E-state index in [1.54, 1.807) is 18.3 Å². The monoisotopic (exact) mass is 247 g/mol. The molecule has 0 aliphatic carbocycles. The predicted octanol–water partition coefficient (Wildman–Crippen LogP) is 1.00. The van der Waals surface area contributed by atoms with Crippen LogP contribution in [0, 0.1) is 5.92 Å². The lowest BCUT2D eigenvalue weighted by atomic mass is 10.1. The van der Waals surface area contributed by atoms with E-state index < -0.39 is 15.9 Å². The lowest BCUT2D eigenvalue weighted by Crippen LogP contribution is -2.34. The van der Waals surface area contributed by atoms with Gasteiger partial charge in [-0.05, 0) is 17.9 Å². The normalized spacial score (nSPS) is 13.5. The molecule has 1 amide bonds. The van der Waals surface area contributed by atoms with Crippen molar-refractivity contribution in [2.75, 3.05) is 6.26 Å². The van der Waals surface area contributed by atoms with E-state index in [9.17, 15) is 13.2 Å². The zero-order valence-electron chi connectivity index (χ0n) is 8.56. The van der Waals surface area contributed by atoms with E-state index in [2.05, 4.69) is 0 Å². The lowest BCUT2D eigenvalue weighted by Gasteiger charge is -2.09. The summed E-state index contributed by atoms with van der Waals surface area (Å²) >= 11 is 1.56. The van der Waals surface area contributed by atoms with Crippen LogP contribution in [0.4, 0.5) is 0 Å². The molecule has 1 heterocycles. The maximum Gasteiger partial charge on any atom is 0.236 e. The van der Waals surface area contributed by atoms with Gasteiger partial charge in [0, 0.05) is 10.8 Å². The summed E-state index contributed by atoms with van der Waals surface area (Å²) < 4.78 is 23.6. The number of amides is 1. The summed E-state index contributed by atoms with van der Waals surface area (Å²) in [6.45, 7) is 1.71. The molecule has 1 N–H and O–H groups in total. The lowest BCUT2D eigenvalue weighted by molar-refractivity contribution is -0.122. The summed E-state index contributed by atoms with van der Waals surface area (Å²) in [6.07, 6.45) is 1.54. The summed E-state index contributed by atoms with van der Waals surface area (Å²) in [7, 11) is -3.44. The van der Waals surface area contributed by atoms with Crippen LogP contribution in [0.3, 0.4) is 0 Å². The van der Waals surface area contributed by atoms with Crippen molar-refractivity contribution in [1.29, 1.82) is 0 Å². The van der Waals surface area contributed by atoms with Gasteiger partial charge in [0.15, 0.2) is 0 Å². The SMILES string of the molecule is CC(Cc1cccs1)C(=O)NS(C)(=O)=O. The van der Waals surface area contributed by atoms with Gasteiger partial charge in [0.2, 0.25) is 15.9 Å². The Balaban J connectivity index is 2.54. The van der Waals surface area contributed by atoms with Gasteiger partial charge in [0.05, 0.1) is 6.26 Å². The summed E-state index contributed by atoms with van der Waals surface area (Å²) in [6, 6.07) is 3.83. The van der Waals surface area contributed by atoms with Crippen LogP contribution in [0.15, 0.2) is 17.5 Å². The topological polar surface area (TPSA) is 63.2 Å². The van der Waals surface area contributed by atoms with Crippen molar-refractivity contribution in [3.63, 3.8) is 0 Å². The minimum atomic E-state index is -3.44. The molecule has 0 spiro atoms. The first kappa shape index (κ1) is 12.2. The van der Waals surface area contributed by atoms with E-state index in [0.717, 1.165) is 11.1 Å². The van der Waals surface area contributed by atoms with Crippen LogP contribution in [-0.2, 0) is 21.2 Å². The average Bonchev–Trinajstić information content (AvgIpc) is 2.53. The largest absolute Gasteiger partial charge is 0.274 e. The van der Waals surface area contributed by atoms with Gasteiger partial charge >= 0.3 is 0 Å². The molecule has 0 saturated carbocycles. The minimum absolute atomic E-state index is 0.335. The molecule has 4 nitrogen and oxygen atoms in total. The average molecular weight is 247 g/mol. The standard InChI is InChI=1S/C9H13NO3S2/c1-7(6-8-4-3-5-14-8)9(11)10-15(2,12)13/h3-5,7H,6H2,1-2H3,(H,10,11). The van der Waals surface area contributed by atoms with Crippen molar-refractivity contribution in [2.45, 2.75) is 13.3 Å². The molecule has 1 unspecified atom stereocenters. The highest BCUT2D eigenvalue weighted by molar-refractivity contribution is 7.89. The Labute approximate surface area is 93.4 Å². The first-order valence-corrected chi connectivity index (χ1v) is 7.19. The van der Waals surface area contributed by atoms with Crippen molar-refractivity contribution in [3.8, 4) is 0 Å². The Bertz CT molecular complexity index is 422. The number of hydrogen-bond donors (Lipinski definition) is 1. The first-order chi connectivity index (χ1) is 6.88. The molecule has 0 aliphatic heterocycles. The second kappa shape index (κ2) is 4.76. The Morgan fingerprint density at radius 3 is 2.73 bits per heavy atom. The van der Waals surface area contributed by atoms with Crippen molar-refractivity contribution < 1.29 is 13.2 Å². The fourth-order valence-corrected chi connectivity index (χ4v) is 2.51. The Hall–Kier alpha value is -0.880. The molecule has 1 rings (SSSR count). The molecular weight excluding hydrogens is 234 g/mol. The van der Waals surface area contributed by atoms with Crippen LogP contribution in [-0.4, -0.2) is 20.6 Å². The van der Waals surface area contributed by atoms with Crippen LogP contribution < -0.4 is 4.72 Å². The molecule has 84 valence electrons. The van der Waals surface area contributed by atoms with Crippen LogP contribution in [0.25, 0.3) is 0 Å². The number of carbonyl (C=O) groups excluding carboxylic acids is 1. The fourth-order valence-electron chi connectivity index (χ4n) is 1.11. The van der Waals surface area contributed by atoms with E-state index in [0.29, 0.717) is 6.42 Å². The van der Waals surface area contributed by atoms with Gasteiger partial charge in [-0.2, -0.15) is 0 Å². The smallest absolute Gasteiger partial charge is 0.236 e. The summed E-state index contributed by atoms with van der Waals surface area (Å²) in [4.78, 5) is 12.5. The van der Waals surface area contributed by atoms with E-state index >= 15 is 0 Å². The molecule has 1 aromatic rings. The van der Waals surface area contributed by atoms with Crippen LogP contribution in [0.1, 0.15) is 11.8 Å². The number of rotatable bonds is 4. The molecule has 1 atom stereocenters. The third-order valence-corrected chi connectivity index (χ3v) is 3.29. The van der Waals surface area contributed by atoms with E-state index in [4.69, 9.17) is 0 Å². The summed E-state index contributed by atoms with van der Waals surface area (Å²) in [5, 5.41) is 1.93. The molecule has 6 heteroatoms. The third kappa shape index (κ3) is 4.44. The molecule has 1 aromatic heterocycles.